The lowest BCUT2D eigenvalue weighted by atomic mass is 10.3. The second kappa shape index (κ2) is 9.44. The van der Waals surface area contributed by atoms with Crippen LogP contribution in [-0.2, 0) is 14.3 Å². The third-order valence-electron chi connectivity index (χ3n) is 1.88. The van der Waals surface area contributed by atoms with Gasteiger partial charge in [0.2, 0.25) is 5.91 Å². The molecule has 0 bridgehead atoms. The molecule has 5 heteroatoms. The van der Waals surface area contributed by atoms with Crippen molar-refractivity contribution < 1.29 is 14.3 Å². The van der Waals surface area contributed by atoms with E-state index in [0.29, 0.717) is 39.2 Å². The summed E-state index contributed by atoms with van der Waals surface area (Å²) in [7, 11) is 3.29. The third-order valence-corrected chi connectivity index (χ3v) is 1.88. The van der Waals surface area contributed by atoms with Gasteiger partial charge in [-0.15, -0.1) is 0 Å². The van der Waals surface area contributed by atoms with Crippen molar-refractivity contribution in [2.75, 3.05) is 40.5 Å². The molecule has 0 heterocycles. The van der Waals surface area contributed by atoms with Crippen LogP contribution in [0.4, 0.5) is 0 Å². The summed E-state index contributed by atoms with van der Waals surface area (Å²) in [5.41, 5.74) is 0. The third kappa shape index (κ3) is 7.91. The molecule has 86 valence electrons. The van der Waals surface area contributed by atoms with Gasteiger partial charge < -0.3 is 14.4 Å². The fourth-order valence-electron chi connectivity index (χ4n) is 0.937. The van der Waals surface area contributed by atoms with Gasteiger partial charge in [-0.1, -0.05) is 0 Å². The van der Waals surface area contributed by atoms with E-state index in [4.69, 9.17) is 14.7 Å². The highest BCUT2D eigenvalue weighted by Gasteiger charge is 2.07. The fourth-order valence-corrected chi connectivity index (χ4v) is 0.937. The molecule has 0 aromatic carbocycles. The molecule has 0 N–H and O–H groups in total. The molecule has 0 unspecified atom stereocenters. The largest absolute Gasteiger partial charge is 0.382 e. The zero-order valence-corrected chi connectivity index (χ0v) is 9.36. The van der Waals surface area contributed by atoms with E-state index in [1.54, 1.807) is 19.1 Å². The van der Waals surface area contributed by atoms with Gasteiger partial charge in [-0.05, 0) is 0 Å². The average Bonchev–Trinajstić information content (AvgIpc) is 2.25. The molecule has 0 aliphatic rings. The van der Waals surface area contributed by atoms with Crippen LogP contribution < -0.4 is 0 Å². The Morgan fingerprint density at radius 3 is 2.73 bits per heavy atom. The van der Waals surface area contributed by atoms with Crippen LogP contribution in [0, 0.1) is 11.3 Å². The number of methoxy groups -OCH3 is 1. The van der Waals surface area contributed by atoms with Crippen LogP contribution in [0.3, 0.4) is 0 Å². The van der Waals surface area contributed by atoms with Crippen LogP contribution in [0.2, 0.25) is 0 Å². The predicted molar refractivity (Wildman–Crippen MR) is 55.2 cm³/mol. The molecule has 1 amide bonds. The lowest BCUT2D eigenvalue weighted by Gasteiger charge is -2.15. The average molecular weight is 214 g/mol. The standard InChI is InChI=1S/C10H18N2O3/c1-12(6-3-5-11)10(13)4-7-15-9-8-14-2/h3-4,6-9H2,1-2H3. The minimum Gasteiger partial charge on any atom is -0.382 e. The maximum atomic E-state index is 11.4. The first-order valence-electron chi connectivity index (χ1n) is 4.90. The van der Waals surface area contributed by atoms with E-state index >= 15 is 0 Å². The molecule has 0 aromatic heterocycles. The summed E-state index contributed by atoms with van der Waals surface area (Å²) in [6, 6.07) is 2.00. The fraction of sp³-hybridized carbons (Fsp3) is 0.800. The second-order valence-electron chi connectivity index (χ2n) is 3.08. The Labute approximate surface area is 90.6 Å². The first-order chi connectivity index (χ1) is 7.22. The summed E-state index contributed by atoms with van der Waals surface area (Å²) in [6.45, 7) is 1.93. The topological polar surface area (TPSA) is 62.6 Å². The van der Waals surface area contributed by atoms with Gasteiger partial charge in [0.25, 0.3) is 0 Å². The molecule has 0 aliphatic heterocycles. The second-order valence-corrected chi connectivity index (χ2v) is 3.08. The molecular formula is C10H18N2O3. The molecule has 0 aliphatic carbocycles. The van der Waals surface area contributed by atoms with Gasteiger partial charge in [0.15, 0.2) is 0 Å². The molecule has 15 heavy (non-hydrogen) atoms. The highest BCUT2D eigenvalue weighted by Crippen LogP contribution is 1.93. The van der Waals surface area contributed by atoms with Crippen LogP contribution in [0.5, 0.6) is 0 Å². The molecule has 0 spiro atoms. The number of carbonyl (C=O) groups is 1. The first kappa shape index (κ1) is 13.9. The Morgan fingerprint density at radius 2 is 2.13 bits per heavy atom. The highest BCUT2D eigenvalue weighted by atomic mass is 16.5. The van der Waals surface area contributed by atoms with E-state index in [2.05, 4.69) is 0 Å². The van der Waals surface area contributed by atoms with E-state index < -0.39 is 0 Å². The summed E-state index contributed by atoms with van der Waals surface area (Å²) >= 11 is 0. The van der Waals surface area contributed by atoms with Gasteiger partial charge in [0.05, 0.1) is 38.7 Å². The first-order valence-corrected chi connectivity index (χ1v) is 4.90. The molecule has 0 saturated carbocycles. The van der Waals surface area contributed by atoms with E-state index in [-0.39, 0.29) is 5.91 Å². The van der Waals surface area contributed by atoms with Gasteiger partial charge >= 0.3 is 0 Å². The molecule has 5 nitrogen and oxygen atoms in total. The zero-order chi connectivity index (χ0) is 11.5. The van der Waals surface area contributed by atoms with Crippen molar-refractivity contribution >= 4 is 5.91 Å². The van der Waals surface area contributed by atoms with E-state index in [0.717, 1.165) is 0 Å². The lowest BCUT2D eigenvalue weighted by molar-refractivity contribution is -0.131. The minimum atomic E-state index is 0.00247. The number of amides is 1. The summed E-state index contributed by atoms with van der Waals surface area (Å²) in [5.74, 6) is 0.00247. The molecule has 0 radical (unpaired) electrons. The van der Waals surface area contributed by atoms with Gasteiger partial charge in [0, 0.05) is 20.7 Å². The summed E-state index contributed by atoms with van der Waals surface area (Å²) in [5, 5.41) is 8.34. The van der Waals surface area contributed by atoms with Crippen molar-refractivity contribution in [1.29, 1.82) is 5.26 Å². The molecular weight excluding hydrogens is 196 g/mol. The quantitative estimate of drug-likeness (QED) is 0.549. The number of nitrogens with zero attached hydrogens (tertiary/aromatic N) is 2. The van der Waals surface area contributed by atoms with E-state index in [1.165, 1.54) is 0 Å². The van der Waals surface area contributed by atoms with E-state index in [9.17, 15) is 4.79 Å². The molecule has 0 fully saturated rings. The van der Waals surface area contributed by atoms with Crippen LogP contribution >= 0.6 is 0 Å². The molecule has 0 aromatic rings. The smallest absolute Gasteiger partial charge is 0.224 e. The summed E-state index contributed by atoms with van der Waals surface area (Å²) in [4.78, 5) is 12.9. The van der Waals surface area contributed by atoms with Gasteiger partial charge in [-0.25, -0.2) is 0 Å². The highest BCUT2D eigenvalue weighted by molar-refractivity contribution is 5.75. The number of hydrogen-bond acceptors (Lipinski definition) is 4. The Morgan fingerprint density at radius 1 is 1.40 bits per heavy atom. The van der Waals surface area contributed by atoms with Crippen molar-refractivity contribution in [3.05, 3.63) is 0 Å². The molecule has 0 atom stereocenters. The minimum absolute atomic E-state index is 0.00247. The van der Waals surface area contributed by atoms with Crippen molar-refractivity contribution in [2.45, 2.75) is 12.8 Å². The number of ether oxygens (including phenoxy) is 2. The summed E-state index contributed by atoms with van der Waals surface area (Å²) < 4.78 is 9.95. The zero-order valence-electron chi connectivity index (χ0n) is 9.36. The van der Waals surface area contributed by atoms with Gasteiger partial charge in [-0.2, -0.15) is 5.26 Å². The van der Waals surface area contributed by atoms with Crippen molar-refractivity contribution in [3.63, 3.8) is 0 Å². The number of nitriles is 1. The summed E-state index contributed by atoms with van der Waals surface area (Å²) in [6.07, 6.45) is 0.721. The normalized spacial score (nSPS) is 9.67. The number of carbonyl (C=O) groups excluding carboxylic acids is 1. The van der Waals surface area contributed by atoms with Gasteiger partial charge in [-0.3, -0.25) is 4.79 Å². The molecule has 0 saturated heterocycles. The molecule has 0 rings (SSSR count). The van der Waals surface area contributed by atoms with Crippen LogP contribution in [0.25, 0.3) is 0 Å². The monoisotopic (exact) mass is 214 g/mol. The SMILES string of the molecule is COCCOCCC(=O)N(C)CCC#N. The van der Waals surface area contributed by atoms with Crippen molar-refractivity contribution in [1.82, 2.24) is 4.90 Å². The Balaban J connectivity index is 3.43. The van der Waals surface area contributed by atoms with Crippen LogP contribution in [-0.4, -0.2) is 51.3 Å². The van der Waals surface area contributed by atoms with Crippen molar-refractivity contribution in [3.8, 4) is 6.07 Å². The Hall–Kier alpha value is -1.12. The Kier molecular flexibility index (Phi) is 8.73. The van der Waals surface area contributed by atoms with E-state index in [1.807, 2.05) is 6.07 Å². The van der Waals surface area contributed by atoms with Gasteiger partial charge in [0.1, 0.15) is 0 Å². The maximum absolute atomic E-state index is 11.4. The lowest BCUT2D eigenvalue weighted by Crippen LogP contribution is -2.28. The van der Waals surface area contributed by atoms with Crippen molar-refractivity contribution in [2.24, 2.45) is 0 Å². The predicted octanol–water partition coefficient (Wildman–Crippen LogP) is 0.412. The maximum Gasteiger partial charge on any atom is 0.224 e. The van der Waals surface area contributed by atoms with Crippen LogP contribution in [0.15, 0.2) is 0 Å². The van der Waals surface area contributed by atoms with Crippen LogP contribution in [0.1, 0.15) is 12.8 Å². The number of rotatable bonds is 8. The Bertz CT molecular complexity index is 213. The number of hydrogen-bond donors (Lipinski definition) is 0.